The van der Waals surface area contributed by atoms with E-state index in [9.17, 15) is 4.79 Å². The van der Waals surface area contributed by atoms with E-state index in [0.29, 0.717) is 0 Å². The zero-order chi connectivity index (χ0) is 13.2. The van der Waals surface area contributed by atoms with E-state index < -0.39 is 0 Å². The highest BCUT2D eigenvalue weighted by Gasteiger charge is 2.27. The van der Waals surface area contributed by atoms with Crippen molar-refractivity contribution in [3.63, 3.8) is 0 Å². The Labute approximate surface area is 113 Å². The molecule has 0 fully saturated rings. The van der Waals surface area contributed by atoms with Crippen LogP contribution in [-0.2, 0) is 6.42 Å². The molecule has 0 heterocycles. The molecule has 0 saturated carbocycles. The topological polar surface area (TPSA) is 17.1 Å². The first-order chi connectivity index (χ1) is 9.25. The van der Waals surface area contributed by atoms with E-state index in [4.69, 9.17) is 0 Å². The fourth-order valence-electron chi connectivity index (χ4n) is 2.63. The number of ketones is 1. The number of hydrogen-bond acceptors (Lipinski definition) is 1. The molecule has 1 unspecified atom stereocenters. The van der Waals surface area contributed by atoms with Crippen molar-refractivity contribution in [2.45, 2.75) is 13.3 Å². The molecule has 19 heavy (non-hydrogen) atoms. The summed E-state index contributed by atoms with van der Waals surface area (Å²) in [4.78, 5) is 12.0. The normalized spacial score (nSPS) is 17.9. The summed E-state index contributed by atoms with van der Waals surface area (Å²) in [7, 11) is 0. The maximum atomic E-state index is 12.0. The fraction of sp³-hybridized carbons (Fsp3) is 0.167. The van der Waals surface area contributed by atoms with Crippen LogP contribution in [0.25, 0.3) is 12.2 Å². The van der Waals surface area contributed by atoms with Crippen LogP contribution in [0.5, 0.6) is 0 Å². The van der Waals surface area contributed by atoms with E-state index in [1.807, 2.05) is 37.3 Å². The van der Waals surface area contributed by atoms with Crippen molar-refractivity contribution >= 4 is 17.9 Å². The lowest BCUT2D eigenvalue weighted by Crippen LogP contribution is -2.02. The van der Waals surface area contributed by atoms with E-state index in [2.05, 4.69) is 30.4 Å². The molecule has 0 aliphatic heterocycles. The van der Waals surface area contributed by atoms with Crippen LogP contribution in [0.4, 0.5) is 0 Å². The van der Waals surface area contributed by atoms with E-state index in [1.165, 1.54) is 16.7 Å². The molecule has 94 valence electrons. The van der Waals surface area contributed by atoms with Gasteiger partial charge in [0.1, 0.15) is 0 Å². The molecule has 1 aliphatic rings. The maximum Gasteiger partial charge on any atom is 0.166 e. The highest BCUT2D eigenvalue weighted by Crippen LogP contribution is 2.30. The Kier molecular flexibility index (Phi) is 3.04. The molecule has 0 N–H and O–H groups in total. The van der Waals surface area contributed by atoms with Gasteiger partial charge in [-0.3, -0.25) is 4.79 Å². The average Bonchev–Trinajstić information content (AvgIpc) is 2.74. The van der Waals surface area contributed by atoms with Gasteiger partial charge in [-0.05, 0) is 23.1 Å². The molecular formula is C18H16O. The lowest BCUT2D eigenvalue weighted by atomic mass is 10.0. The second kappa shape index (κ2) is 4.85. The molecule has 0 spiro atoms. The Morgan fingerprint density at radius 3 is 2.58 bits per heavy atom. The monoisotopic (exact) mass is 248 g/mol. The van der Waals surface area contributed by atoms with Gasteiger partial charge < -0.3 is 0 Å². The molecule has 0 amide bonds. The lowest BCUT2D eigenvalue weighted by Gasteiger charge is -2.02. The predicted octanol–water partition coefficient (Wildman–Crippen LogP) is 4.23. The summed E-state index contributed by atoms with van der Waals surface area (Å²) in [5.74, 6) is 0.409. The first kappa shape index (κ1) is 11.9. The molecular weight excluding hydrogens is 232 g/mol. The van der Waals surface area contributed by atoms with Gasteiger partial charge >= 0.3 is 0 Å². The number of carbonyl (C=O) groups is 1. The third-order valence-electron chi connectivity index (χ3n) is 3.69. The van der Waals surface area contributed by atoms with Gasteiger partial charge in [0.25, 0.3) is 0 Å². The highest BCUT2D eigenvalue weighted by atomic mass is 16.1. The molecule has 1 atom stereocenters. The molecule has 0 aromatic heterocycles. The molecule has 2 aromatic carbocycles. The Morgan fingerprint density at radius 2 is 1.79 bits per heavy atom. The average molecular weight is 248 g/mol. The largest absolute Gasteiger partial charge is 0.294 e. The highest BCUT2D eigenvalue weighted by molar-refractivity contribution is 6.03. The summed E-state index contributed by atoms with van der Waals surface area (Å²) in [5, 5.41) is 0. The summed E-state index contributed by atoms with van der Waals surface area (Å²) in [6.07, 6.45) is 5.08. The summed E-state index contributed by atoms with van der Waals surface area (Å²) in [5.41, 5.74) is 4.45. The third-order valence-corrected chi connectivity index (χ3v) is 3.69. The van der Waals surface area contributed by atoms with Crippen molar-refractivity contribution in [3.8, 4) is 0 Å². The Balaban J connectivity index is 1.96. The van der Waals surface area contributed by atoms with E-state index >= 15 is 0 Å². The van der Waals surface area contributed by atoms with Gasteiger partial charge in [-0.25, -0.2) is 0 Å². The van der Waals surface area contributed by atoms with Crippen molar-refractivity contribution in [2.24, 2.45) is 5.92 Å². The van der Waals surface area contributed by atoms with Crippen molar-refractivity contribution in [3.05, 3.63) is 70.8 Å². The van der Waals surface area contributed by atoms with E-state index in [0.717, 1.165) is 12.0 Å². The van der Waals surface area contributed by atoms with Crippen LogP contribution in [0, 0.1) is 5.92 Å². The minimum atomic E-state index is 0.126. The van der Waals surface area contributed by atoms with Crippen molar-refractivity contribution in [1.29, 1.82) is 0 Å². The number of rotatable bonds is 2. The molecule has 0 bridgehead atoms. The van der Waals surface area contributed by atoms with Gasteiger partial charge in [0.05, 0.1) is 0 Å². The zero-order valence-electron chi connectivity index (χ0n) is 11.0. The zero-order valence-corrected chi connectivity index (χ0v) is 11.0. The van der Waals surface area contributed by atoms with Crippen molar-refractivity contribution in [1.82, 2.24) is 0 Å². The van der Waals surface area contributed by atoms with Crippen LogP contribution >= 0.6 is 0 Å². The minimum absolute atomic E-state index is 0.126. The van der Waals surface area contributed by atoms with E-state index in [1.54, 1.807) is 0 Å². The second-order valence-electron chi connectivity index (χ2n) is 5.09. The van der Waals surface area contributed by atoms with Crippen LogP contribution in [0.15, 0.2) is 48.5 Å². The van der Waals surface area contributed by atoms with Crippen LogP contribution < -0.4 is 0 Å². The number of hydrogen-bond donors (Lipinski definition) is 0. The molecule has 1 nitrogen and oxygen atoms in total. The first-order valence-corrected chi connectivity index (χ1v) is 6.65. The maximum absolute atomic E-state index is 12.0. The quantitative estimate of drug-likeness (QED) is 0.727. The standard InChI is InChI=1S/C18H16O/c1-13-12-17-15(8-5-9-16(17)18(13)19)11-10-14-6-3-2-4-7-14/h2-11,13H,12H2,1H3. The lowest BCUT2D eigenvalue weighted by molar-refractivity contribution is 0.0946. The molecule has 0 radical (unpaired) electrons. The van der Waals surface area contributed by atoms with Crippen LogP contribution in [0.2, 0.25) is 0 Å². The minimum Gasteiger partial charge on any atom is -0.294 e. The Morgan fingerprint density at radius 1 is 1.00 bits per heavy atom. The third kappa shape index (κ3) is 2.24. The smallest absolute Gasteiger partial charge is 0.166 e. The number of Topliss-reactive ketones (excluding diaryl/α,β-unsaturated/α-hetero) is 1. The predicted molar refractivity (Wildman–Crippen MR) is 79.0 cm³/mol. The van der Waals surface area contributed by atoms with Gasteiger partial charge in [0.2, 0.25) is 0 Å². The van der Waals surface area contributed by atoms with Crippen molar-refractivity contribution < 1.29 is 4.79 Å². The van der Waals surface area contributed by atoms with Crippen LogP contribution in [0.1, 0.15) is 34.0 Å². The molecule has 1 aliphatic carbocycles. The fourth-order valence-corrected chi connectivity index (χ4v) is 2.63. The molecule has 2 aromatic rings. The summed E-state index contributed by atoms with van der Waals surface area (Å²) in [6, 6.07) is 16.2. The van der Waals surface area contributed by atoms with Gasteiger partial charge in [0.15, 0.2) is 5.78 Å². The van der Waals surface area contributed by atoms with Gasteiger partial charge in [-0.2, -0.15) is 0 Å². The van der Waals surface area contributed by atoms with Gasteiger partial charge in [0, 0.05) is 11.5 Å². The molecule has 1 heteroatoms. The second-order valence-corrected chi connectivity index (χ2v) is 5.09. The van der Waals surface area contributed by atoms with Crippen molar-refractivity contribution in [2.75, 3.05) is 0 Å². The summed E-state index contributed by atoms with van der Waals surface area (Å²) in [6.45, 7) is 2.01. The van der Waals surface area contributed by atoms with E-state index in [-0.39, 0.29) is 11.7 Å². The molecule has 3 rings (SSSR count). The summed E-state index contributed by atoms with van der Waals surface area (Å²) < 4.78 is 0. The van der Waals surface area contributed by atoms with Crippen LogP contribution in [-0.4, -0.2) is 5.78 Å². The first-order valence-electron chi connectivity index (χ1n) is 6.65. The van der Waals surface area contributed by atoms with Gasteiger partial charge in [-0.15, -0.1) is 0 Å². The Bertz CT molecular complexity index is 638. The number of benzene rings is 2. The SMILES string of the molecule is CC1Cc2c(C=Cc3ccccc3)cccc2C1=O. The Hall–Kier alpha value is -2.15. The van der Waals surface area contributed by atoms with Gasteiger partial charge in [-0.1, -0.05) is 67.6 Å². The number of fused-ring (bicyclic) bond motifs is 1. The number of carbonyl (C=O) groups excluding carboxylic acids is 1. The molecule has 0 saturated heterocycles. The summed E-state index contributed by atoms with van der Waals surface area (Å²) >= 11 is 0. The van der Waals surface area contributed by atoms with Crippen LogP contribution in [0.3, 0.4) is 0 Å².